The highest BCUT2D eigenvalue weighted by Crippen LogP contribution is 2.31. The first kappa shape index (κ1) is 23.2. The van der Waals surface area contributed by atoms with Crippen LogP contribution in [0.1, 0.15) is 60.9 Å². The van der Waals surface area contributed by atoms with Crippen LogP contribution in [0.3, 0.4) is 0 Å². The van der Waals surface area contributed by atoms with Gasteiger partial charge in [-0.05, 0) is 63.7 Å². The molecule has 0 radical (unpaired) electrons. The molecule has 2 heterocycles. The molecule has 3 fully saturated rings. The minimum absolute atomic E-state index is 0.0462. The van der Waals surface area contributed by atoms with Gasteiger partial charge < -0.3 is 15.1 Å². The molecule has 3 aliphatic rings. The van der Waals surface area contributed by atoms with E-state index >= 15 is 0 Å². The summed E-state index contributed by atoms with van der Waals surface area (Å²) in [5.74, 6) is 0.758. The summed E-state index contributed by atoms with van der Waals surface area (Å²) in [7, 11) is 0. The van der Waals surface area contributed by atoms with Gasteiger partial charge in [-0.15, -0.1) is 0 Å². The monoisotopic (exact) mass is 440 g/mol. The second kappa shape index (κ2) is 11.3. The molecule has 1 aromatic rings. The van der Waals surface area contributed by atoms with Gasteiger partial charge >= 0.3 is 0 Å². The first-order valence-electron chi connectivity index (χ1n) is 12.7. The second-order valence-electron chi connectivity index (χ2n) is 9.88. The molecule has 1 saturated carbocycles. The molecule has 176 valence electrons. The van der Waals surface area contributed by atoms with Crippen LogP contribution in [0.5, 0.6) is 0 Å². The van der Waals surface area contributed by atoms with E-state index in [1.807, 2.05) is 36.1 Å². The summed E-state index contributed by atoms with van der Waals surface area (Å²) in [5.41, 5.74) is 1.87. The third kappa shape index (κ3) is 5.90. The van der Waals surface area contributed by atoms with Gasteiger partial charge in [0.25, 0.3) is 5.91 Å². The van der Waals surface area contributed by atoms with Crippen molar-refractivity contribution in [1.29, 1.82) is 0 Å². The Morgan fingerprint density at radius 3 is 2.38 bits per heavy atom. The van der Waals surface area contributed by atoms with Crippen LogP contribution in [-0.4, -0.2) is 84.9 Å². The molecule has 2 amide bonds. The Kier molecular flexibility index (Phi) is 8.20. The van der Waals surface area contributed by atoms with Gasteiger partial charge in [0.05, 0.1) is 6.04 Å². The van der Waals surface area contributed by atoms with Crippen LogP contribution in [0.2, 0.25) is 0 Å². The quantitative estimate of drug-likeness (QED) is 0.708. The maximum absolute atomic E-state index is 13.3. The number of hydrogen-bond donors (Lipinski definition) is 1. The molecule has 1 aliphatic carbocycles. The van der Waals surface area contributed by atoms with Crippen molar-refractivity contribution in [3.05, 3.63) is 35.4 Å². The molecular formula is C26H40N4O2. The van der Waals surface area contributed by atoms with E-state index in [0.717, 1.165) is 50.1 Å². The SMILES string of the molecule is Cc1cccc(C(=O)N2CCN([C@H](C(=O)NCCN3CCCCC3)C3CCCC3)CC2)c1. The Hall–Kier alpha value is -1.92. The number of amides is 2. The molecule has 0 aromatic heterocycles. The van der Waals surface area contributed by atoms with Gasteiger partial charge in [-0.2, -0.15) is 0 Å². The molecule has 0 spiro atoms. The summed E-state index contributed by atoms with van der Waals surface area (Å²) < 4.78 is 0. The summed E-state index contributed by atoms with van der Waals surface area (Å²) in [6.45, 7) is 8.99. The first-order valence-corrected chi connectivity index (χ1v) is 12.7. The maximum atomic E-state index is 13.3. The number of likely N-dealkylation sites (tertiary alicyclic amines) is 1. The van der Waals surface area contributed by atoms with E-state index in [-0.39, 0.29) is 17.9 Å². The van der Waals surface area contributed by atoms with Gasteiger partial charge in [-0.25, -0.2) is 0 Å². The molecule has 6 nitrogen and oxygen atoms in total. The highest BCUT2D eigenvalue weighted by Gasteiger charge is 2.37. The average Bonchev–Trinajstić information content (AvgIpc) is 3.34. The van der Waals surface area contributed by atoms with Crippen molar-refractivity contribution in [2.24, 2.45) is 5.92 Å². The van der Waals surface area contributed by atoms with Gasteiger partial charge in [0.15, 0.2) is 0 Å². The molecule has 1 atom stereocenters. The predicted molar refractivity (Wildman–Crippen MR) is 128 cm³/mol. The minimum Gasteiger partial charge on any atom is -0.353 e. The molecule has 2 saturated heterocycles. The fourth-order valence-corrected chi connectivity index (χ4v) is 5.74. The molecule has 0 unspecified atom stereocenters. The van der Waals surface area contributed by atoms with Crippen molar-refractivity contribution in [2.75, 3.05) is 52.4 Å². The van der Waals surface area contributed by atoms with Crippen LogP contribution >= 0.6 is 0 Å². The number of nitrogens with zero attached hydrogens (tertiary/aromatic N) is 3. The highest BCUT2D eigenvalue weighted by molar-refractivity contribution is 5.94. The number of hydrogen-bond acceptors (Lipinski definition) is 4. The van der Waals surface area contributed by atoms with E-state index in [1.165, 1.54) is 45.2 Å². The Morgan fingerprint density at radius 1 is 0.969 bits per heavy atom. The number of carbonyl (C=O) groups excluding carboxylic acids is 2. The standard InChI is InChI=1S/C26H40N4O2/c1-21-8-7-11-23(20-21)26(32)30-18-16-29(17-19-30)24(22-9-3-4-10-22)25(31)27-12-15-28-13-5-2-6-14-28/h7-8,11,20,22,24H,2-6,9-10,12-19H2,1H3,(H,27,31)/t24-/m0/s1. The number of piperidine rings is 1. The number of carbonyl (C=O) groups is 2. The van der Waals surface area contributed by atoms with E-state index in [2.05, 4.69) is 15.1 Å². The smallest absolute Gasteiger partial charge is 0.253 e. The lowest BCUT2D eigenvalue weighted by atomic mass is 9.95. The summed E-state index contributed by atoms with van der Waals surface area (Å²) in [6.07, 6.45) is 8.65. The van der Waals surface area contributed by atoms with E-state index in [9.17, 15) is 9.59 Å². The number of piperazine rings is 1. The normalized spacial score (nSPS) is 22.1. The van der Waals surface area contributed by atoms with Crippen molar-refractivity contribution in [3.63, 3.8) is 0 Å². The van der Waals surface area contributed by atoms with Gasteiger partial charge in [-0.3, -0.25) is 14.5 Å². The van der Waals surface area contributed by atoms with Crippen molar-refractivity contribution in [2.45, 2.75) is 57.9 Å². The van der Waals surface area contributed by atoms with Crippen LogP contribution < -0.4 is 5.32 Å². The van der Waals surface area contributed by atoms with Crippen molar-refractivity contribution in [3.8, 4) is 0 Å². The first-order chi connectivity index (χ1) is 15.6. The third-order valence-corrected chi connectivity index (χ3v) is 7.55. The molecule has 1 N–H and O–H groups in total. The number of nitrogens with one attached hydrogen (secondary N) is 1. The largest absolute Gasteiger partial charge is 0.353 e. The van der Waals surface area contributed by atoms with E-state index in [4.69, 9.17) is 0 Å². The lowest BCUT2D eigenvalue weighted by Gasteiger charge is -2.41. The number of benzene rings is 1. The Balaban J connectivity index is 1.32. The fourth-order valence-electron chi connectivity index (χ4n) is 5.74. The predicted octanol–water partition coefficient (Wildman–Crippen LogP) is 2.91. The van der Waals surface area contributed by atoms with Gasteiger partial charge in [0.1, 0.15) is 0 Å². The van der Waals surface area contributed by atoms with E-state index in [1.54, 1.807) is 0 Å². The average molecular weight is 441 g/mol. The summed E-state index contributed by atoms with van der Waals surface area (Å²) in [5, 5.41) is 3.27. The Morgan fingerprint density at radius 2 is 1.69 bits per heavy atom. The highest BCUT2D eigenvalue weighted by atomic mass is 16.2. The summed E-state index contributed by atoms with van der Waals surface area (Å²) >= 11 is 0. The number of rotatable bonds is 7. The van der Waals surface area contributed by atoms with Crippen LogP contribution in [0.15, 0.2) is 24.3 Å². The van der Waals surface area contributed by atoms with Crippen molar-refractivity contribution >= 4 is 11.8 Å². The summed E-state index contributed by atoms with van der Waals surface area (Å²) in [6, 6.07) is 7.79. The topological polar surface area (TPSA) is 55.9 Å². The van der Waals surface area contributed by atoms with Crippen LogP contribution in [0.25, 0.3) is 0 Å². The van der Waals surface area contributed by atoms with Crippen LogP contribution in [0, 0.1) is 12.8 Å². The lowest BCUT2D eigenvalue weighted by molar-refractivity contribution is -0.129. The lowest BCUT2D eigenvalue weighted by Crippen LogP contribution is -2.58. The summed E-state index contributed by atoms with van der Waals surface area (Å²) in [4.78, 5) is 33.0. The third-order valence-electron chi connectivity index (χ3n) is 7.55. The molecule has 32 heavy (non-hydrogen) atoms. The van der Waals surface area contributed by atoms with E-state index in [0.29, 0.717) is 19.0 Å². The molecule has 1 aromatic carbocycles. The van der Waals surface area contributed by atoms with Crippen LogP contribution in [-0.2, 0) is 4.79 Å². The zero-order valence-corrected chi connectivity index (χ0v) is 19.7. The second-order valence-corrected chi connectivity index (χ2v) is 9.88. The molecular weight excluding hydrogens is 400 g/mol. The number of aryl methyl sites for hydroxylation is 1. The van der Waals surface area contributed by atoms with Crippen molar-refractivity contribution in [1.82, 2.24) is 20.0 Å². The molecule has 6 heteroatoms. The van der Waals surface area contributed by atoms with Crippen LogP contribution in [0.4, 0.5) is 0 Å². The Bertz CT molecular complexity index is 763. The molecule has 0 bridgehead atoms. The minimum atomic E-state index is -0.0462. The zero-order valence-electron chi connectivity index (χ0n) is 19.7. The molecule has 2 aliphatic heterocycles. The maximum Gasteiger partial charge on any atom is 0.253 e. The van der Waals surface area contributed by atoms with E-state index < -0.39 is 0 Å². The van der Waals surface area contributed by atoms with Crippen molar-refractivity contribution < 1.29 is 9.59 Å². The zero-order chi connectivity index (χ0) is 22.3. The molecule has 4 rings (SSSR count). The van der Waals surface area contributed by atoms with Gasteiger partial charge in [-0.1, -0.05) is 37.0 Å². The van der Waals surface area contributed by atoms with Gasteiger partial charge in [0.2, 0.25) is 5.91 Å². The Labute approximate surface area is 193 Å². The fraction of sp³-hybridized carbons (Fsp3) is 0.692. The van der Waals surface area contributed by atoms with Gasteiger partial charge in [0, 0.05) is 44.8 Å².